The maximum absolute atomic E-state index is 12.5. The number of hydrogen-bond donors (Lipinski definition) is 0. The van der Waals surface area contributed by atoms with Gasteiger partial charge in [-0.15, -0.1) is 11.3 Å². The van der Waals surface area contributed by atoms with Crippen molar-refractivity contribution in [3.8, 4) is 11.1 Å². The molecule has 0 unspecified atom stereocenters. The number of benzene rings is 2. The van der Waals surface area contributed by atoms with Crippen molar-refractivity contribution in [2.24, 2.45) is 0 Å². The van der Waals surface area contributed by atoms with Gasteiger partial charge in [-0.2, -0.15) is 13.2 Å². The Morgan fingerprint density at radius 2 is 1.50 bits per heavy atom. The Morgan fingerprint density at radius 1 is 0.850 bits per heavy atom. The number of hydrogen-bond acceptors (Lipinski definition) is 1. The SMILES string of the molecule is Cc1cc2ccc(-c3ccc(C(F)(F)F)cc3)cc2s1. The highest BCUT2D eigenvalue weighted by atomic mass is 32.1. The number of fused-ring (bicyclic) bond motifs is 1. The molecule has 4 heteroatoms. The molecule has 0 aliphatic carbocycles. The Balaban J connectivity index is 2.02. The summed E-state index contributed by atoms with van der Waals surface area (Å²) in [6, 6.07) is 13.4. The molecule has 0 spiro atoms. The van der Waals surface area contributed by atoms with Crippen LogP contribution in [-0.4, -0.2) is 0 Å². The fourth-order valence-electron chi connectivity index (χ4n) is 2.20. The molecule has 0 saturated heterocycles. The predicted octanol–water partition coefficient (Wildman–Crippen LogP) is 5.90. The molecule has 1 heterocycles. The lowest BCUT2D eigenvalue weighted by molar-refractivity contribution is -0.137. The highest BCUT2D eigenvalue weighted by Gasteiger charge is 2.29. The first-order valence-corrected chi connectivity index (χ1v) is 6.93. The van der Waals surface area contributed by atoms with Gasteiger partial charge in [-0.05, 0) is 47.7 Å². The van der Waals surface area contributed by atoms with Crippen molar-refractivity contribution in [2.45, 2.75) is 13.1 Å². The molecular weight excluding hydrogens is 281 g/mol. The van der Waals surface area contributed by atoms with Gasteiger partial charge >= 0.3 is 6.18 Å². The summed E-state index contributed by atoms with van der Waals surface area (Å²) in [5, 5.41) is 1.17. The van der Waals surface area contributed by atoms with E-state index >= 15 is 0 Å². The van der Waals surface area contributed by atoms with Crippen molar-refractivity contribution in [1.82, 2.24) is 0 Å². The fourth-order valence-corrected chi connectivity index (χ4v) is 3.16. The van der Waals surface area contributed by atoms with Crippen LogP contribution in [0.1, 0.15) is 10.4 Å². The van der Waals surface area contributed by atoms with E-state index in [4.69, 9.17) is 0 Å². The molecule has 0 fully saturated rings. The number of rotatable bonds is 1. The van der Waals surface area contributed by atoms with Crippen LogP contribution in [0.25, 0.3) is 21.2 Å². The largest absolute Gasteiger partial charge is 0.416 e. The predicted molar refractivity (Wildman–Crippen MR) is 77.0 cm³/mol. The fraction of sp³-hybridized carbons (Fsp3) is 0.125. The van der Waals surface area contributed by atoms with E-state index in [1.807, 2.05) is 25.1 Å². The Hall–Kier alpha value is -1.81. The zero-order valence-electron chi connectivity index (χ0n) is 10.7. The molecule has 3 rings (SSSR count). The van der Waals surface area contributed by atoms with Crippen LogP contribution in [-0.2, 0) is 6.18 Å². The van der Waals surface area contributed by atoms with Gasteiger partial charge in [0.25, 0.3) is 0 Å². The van der Waals surface area contributed by atoms with Crippen molar-refractivity contribution in [1.29, 1.82) is 0 Å². The zero-order chi connectivity index (χ0) is 14.3. The minimum atomic E-state index is -4.28. The second kappa shape index (κ2) is 4.63. The summed E-state index contributed by atoms with van der Waals surface area (Å²) in [6.45, 7) is 2.04. The lowest BCUT2D eigenvalue weighted by Gasteiger charge is -2.07. The maximum Gasteiger partial charge on any atom is 0.416 e. The van der Waals surface area contributed by atoms with Crippen LogP contribution in [0.3, 0.4) is 0 Å². The second-order valence-electron chi connectivity index (χ2n) is 4.68. The average molecular weight is 292 g/mol. The Labute approximate surface area is 118 Å². The number of thiophene rings is 1. The molecule has 0 radical (unpaired) electrons. The van der Waals surface area contributed by atoms with Gasteiger partial charge in [0.15, 0.2) is 0 Å². The van der Waals surface area contributed by atoms with E-state index in [1.54, 1.807) is 11.3 Å². The maximum atomic E-state index is 12.5. The summed E-state index contributed by atoms with van der Waals surface area (Å²) in [5.74, 6) is 0. The van der Waals surface area contributed by atoms with E-state index < -0.39 is 11.7 Å². The van der Waals surface area contributed by atoms with Crippen LogP contribution in [0.5, 0.6) is 0 Å². The van der Waals surface area contributed by atoms with Crippen LogP contribution in [0.4, 0.5) is 13.2 Å². The van der Waals surface area contributed by atoms with Gasteiger partial charge in [0, 0.05) is 9.58 Å². The highest BCUT2D eigenvalue weighted by molar-refractivity contribution is 7.19. The Morgan fingerprint density at radius 3 is 2.15 bits per heavy atom. The summed E-state index contributed by atoms with van der Waals surface area (Å²) in [4.78, 5) is 1.23. The van der Waals surface area contributed by atoms with E-state index in [1.165, 1.54) is 22.4 Å². The number of aryl methyl sites for hydroxylation is 1. The normalized spacial score (nSPS) is 12.0. The van der Waals surface area contributed by atoms with Crippen molar-refractivity contribution in [2.75, 3.05) is 0 Å². The van der Waals surface area contributed by atoms with E-state index in [0.29, 0.717) is 0 Å². The minimum Gasteiger partial charge on any atom is -0.166 e. The molecule has 3 aromatic rings. The Bertz CT molecular complexity index is 751. The molecule has 1 aromatic heterocycles. The van der Waals surface area contributed by atoms with Crippen LogP contribution in [0, 0.1) is 6.92 Å². The first kappa shape index (κ1) is 13.2. The molecule has 0 saturated carbocycles. The van der Waals surface area contributed by atoms with Crippen LogP contribution < -0.4 is 0 Å². The van der Waals surface area contributed by atoms with Crippen LogP contribution in [0.2, 0.25) is 0 Å². The summed E-state index contributed by atoms with van der Waals surface area (Å²) in [6.07, 6.45) is -4.28. The van der Waals surface area contributed by atoms with Crippen LogP contribution in [0.15, 0.2) is 48.5 Å². The quantitative estimate of drug-likeness (QED) is 0.524. The molecule has 0 aliphatic rings. The molecule has 0 aliphatic heterocycles. The average Bonchev–Trinajstić information content (AvgIpc) is 2.77. The summed E-state index contributed by atoms with van der Waals surface area (Å²) >= 11 is 1.69. The third-order valence-electron chi connectivity index (χ3n) is 3.19. The molecule has 20 heavy (non-hydrogen) atoms. The molecule has 0 N–H and O–H groups in total. The van der Waals surface area contributed by atoms with E-state index in [9.17, 15) is 13.2 Å². The van der Waals surface area contributed by atoms with Gasteiger partial charge < -0.3 is 0 Å². The summed E-state index contributed by atoms with van der Waals surface area (Å²) in [7, 11) is 0. The third kappa shape index (κ3) is 2.43. The minimum absolute atomic E-state index is 0.616. The zero-order valence-corrected chi connectivity index (χ0v) is 11.5. The lowest BCUT2D eigenvalue weighted by atomic mass is 10.0. The standard InChI is InChI=1S/C16H11F3S/c1-10-8-13-3-2-12(9-15(13)20-10)11-4-6-14(7-5-11)16(17,18)19/h2-9H,1H3. The molecule has 102 valence electrons. The molecule has 2 aromatic carbocycles. The highest BCUT2D eigenvalue weighted by Crippen LogP contribution is 2.33. The topological polar surface area (TPSA) is 0 Å². The monoisotopic (exact) mass is 292 g/mol. The van der Waals surface area contributed by atoms with Crippen molar-refractivity contribution in [3.05, 3.63) is 59.0 Å². The lowest BCUT2D eigenvalue weighted by Crippen LogP contribution is -2.03. The molecule has 0 nitrogen and oxygen atoms in total. The van der Waals surface area contributed by atoms with Crippen LogP contribution >= 0.6 is 11.3 Å². The number of alkyl halides is 3. The molecule has 0 bridgehead atoms. The third-order valence-corrected chi connectivity index (χ3v) is 4.20. The van der Waals surface area contributed by atoms with Crippen molar-refractivity contribution < 1.29 is 13.2 Å². The number of halogens is 3. The Kier molecular flexibility index (Phi) is 3.05. The van der Waals surface area contributed by atoms with Crippen molar-refractivity contribution in [3.63, 3.8) is 0 Å². The van der Waals surface area contributed by atoms with E-state index in [0.717, 1.165) is 28.0 Å². The van der Waals surface area contributed by atoms with Gasteiger partial charge in [0.1, 0.15) is 0 Å². The van der Waals surface area contributed by atoms with E-state index in [-0.39, 0.29) is 0 Å². The van der Waals surface area contributed by atoms with Gasteiger partial charge in [-0.1, -0.05) is 24.3 Å². The summed E-state index contributed by atoms with van der Waals surface area (Å²) in [5.41, 5.74) is 1.12. The van der Waals surface area contributed by atoms with Gasteiger partial charge in [0.2, 0.25) is 0 Å². The summed E-state index contributed by atoms with van der Waals surface area (Å²) < 4.78 is 38.8. The molecule has 0 atom stereocenters. The van der Waals surface area contributed by atoms with Gasteiger partial charge in [-0.25, -0.2) is 0 Å². The first-order valence-electron chi connectivity index (χ1n) is 6.11. The first-order chi connectivity index (χ1) is 9.43. The van der Waals surface area contributed by atoms with Gasteiger partial charge in [0.05, 0.1) is 5.56 Å². The van der Waals surface area contributed by atoms with Gasteiger partial charge in [-0.3, -0.25) is 0 Å². The van der Waals surface area contributed by atoms with E-state index in [2.05, 4.69) is 6.07 Å². The molecule has 0 amide bonds. The second-order valence-corrected chi connectivity index (χ2v) is 5.97. The smallest absolute Gasteiger partial charge is 0.166 e. The van der Waals surface area contributed by atoms with Crippen molar-refractivity contribution >= 4 is 21.4 Å². The molecular formula is C16H11F3S.